The smallest absolute Gasteiger partial charge is 0.242 e. The second kappa shape index (κ2) is 4.64. The molecule has 2 aliphatic rings. The lowest BCUT2D eigenvalue weighted by atomic mass is 10.2. The first kappa shape index (κ1) is 12.4. The zero-order valence-electron chi connectivity index (χ0n) is 10.4. The summed E-state index contributed by atoms with van der Waals surface area (Å²) in [5.74, 6) is 0.247. The first-order chi connectivity index (χ1) is 8.07. The Morgan fingerprint density at radius 1 is 1.12 bits per heavy atom. The molecule has 0 radical (unpaired) electrons. The molecule has 96 valence electrons. The van der Waals surface area contributed by atoms with Gasteiger partial charge in [-0.3, -0.25) is 9.59 Å². The summed E-state index contributed by atoms with van der Waals surface area (Å²) in [7, 11) is 0. The molecule has 5 heteroatoms. The van der Waals surface area contributed by atoms with E-state index >= 15 is 0 Å². The van der Waals surface area contributed by atoms with Gasteiger partial charge in [-0.2, -0.15) is 0 Å². The lowest BCUT2D eigenvalue weighted by molar-refractivity contribution is -0.134. The molecule has 0 spiro atoms. The van der Waals surface area contributed by atoms with Crippen LogP contribution < -0.4 is 5.73 Å². The van der Waals surface area contributed by atoms with Crippen molar-refractivity contribution < 1.29 is 9.59 Å². The SMILES string of the molecule is CCC(=O)N1CCCN(C(=O)C2(N)CC2)CC1. The minimum absolute atomic E-state index is 0.0725. The molecule has 2 rings (SSSR count). The van der Waals surface area contributed by atoms with Crippen molar-refractivity contribution in [2.24, 2.45) is 5.73 Å². The van der Waals surface area contributed by atoms with E-state index in [0.29, 0.717) is 19.5 Å². The third kappa shape index (κ3) is 2.60. The number of nitrogens with two attached hydrogens (primary N) is 1. The Morgan fingerprint density at radius 2 is 1.71 bits per heavy atom. The summed E-state index contributed by atoms with van der Waals surface area (Å²) < 4.78 is 0. The highest BCUT2D eigenvalue weighted by atomic mass is 16.2. The molecule has 0 atom stereocenters. The molecule has 2 amide bonds. The molecule has 2 fully saturated rings. The molecule has 2 N–H and O–H groups in total. The van der Waals surface area contributed by atoms with Crippen LogP contribution in [0.1, 0.15) is 32.6 Å². The maximum absolute atomic E-state index is 12.1. The van der Waals surface area contributed by atoms with Crippen molar-refractivity contribution in [2.75, 3.05) is 26.2 Å². The topological polar surface area (TPSA) is 66.6 Å². The predicted molar refractivity (Wildman–Crippen MR) is 64.2 cm³/mol. The molecule has 0 aromatic rings. The van der Waals surface area contributed by atoms with Gasteiger partial charge in [0.1, 0.15) is 0 Å². The monoisotopic (exact) mass is 239 g/mol. The highest BCUT2D eigenvalue weighted by Crippen LogP contribution is 2.34. The summed E-state index contributed by atoms with van der Waals surface area (Å²) in [6.45, 7) is 4.63. The van der Waals surface area contributed by atoms with Crippen molar-refractivity contribution in [2.45, 2.75) is 38.1 Å². The quantitative estimate of drug-likeness (QED) is 0.734. The fourth-order valence-corrected chi connectivity index (χ4v) is 2.26. The Labute approximate surface area is 102 Å². The Hall–Kier alpha value is -1.10. The van der Waals surface area contributed by atoms with E-state index in [2.05, 4.69) is 0 Å². The van der Waals surface area contributed by atoms with Gasteiger partial charge in [0, 0.05) is 32.6 Å². The van der Waals surface area contributed by atoms with Crippen LogP contribution in [0.15, 0.2) is 0 Å². The van der Waals surface area contributed by atoms with E-state index in [4.69, 9.17) is 5.73 Å². The van der Waals surface area contributed by atoms with Crippen LogP contribution in [0.4, 0.5) is 0 Å². The van der Waals surface area contributed by atoms with E-state index in [1.54, 1.807) is 0 Å². The molecule has 0 bridgehead atoms. The van der Waals surface area contributed by atoms with Crippen LogP contribution in [-0.2, 0) is 9.59 Å². The number of hydrogen-bond acceptors (Lipinski definition) is 3. The molecule has 1 saturated carbocycles. The van der Waals surface area contributed by atoms with Crippen molar-refractivity contribution >= 4 is 11.8 Å². The largest absolute Gasteiger partial charge is 0.341 e. The van der Waals surface area contributed by atoms with Gasteiger partial charge in [-0.05, 0) is 19.3 Å². The molecule has 0 aromatic heterocycles. The number of carbonyl (C=O) groups excluding carboxylic acids is 2. The van der Waals surface area contributed by atoms with Gasteiger partial charge in [0.25, 0.3) is 0 Å². The Balaban J connectivity index is 1.91. The number of amides is 2. The van der Waals surface area contributed by atoms with Crippen LogP contribution in [0, 0.1) is 0 Å². The average Bonchev–Trinajstić information content (AvgIpc) is 3.11. The standard InChI is InChI=1S/C12H21N3O2/c1-2-10(16)14-6-3-7-15(9-8-14)11(17)12(13)4-5-12/h2-9,13H2,1H3. The minimum atomic E-state index is -0.579. The maximum atomic E-state index is 12.1. The van der Waals surface area contributed by atoms with Crippen LogP contribution in [-0.4, -0.2) is 53.3 Å². The number of carbonyl (C=O) groups is 2. The highest BCUT2D eigenvalue weighted by molar-refractivity contribution is 5.89. The molecule has 1 saturated heterocycles. The Morgan fingerprint density at radius 3 is 2.29 bits per heavy atom. The Bertz CT molecular complexity index is 326. The van der Waals surface area contributed by atoms with Crippen LogP contribution in [0.2, 0.25) is 0 Å². The first-order valence-corrected chi connectivity index (χ1v) is 6.43. The van der Waals surface area contributed by atoms with E-state index < -0.39 is 5.54 Å². The molecular formula is C12H21N3O2. The number of rotatable bonds is 2. The maximum Gasteiger partial charge on any atom is 0.242 e. The van der Waals surface area contributed by atoms with Crippen LogP contribution >= 0.6 is 0 Å². The minimum Gasteiger partial charge on any atom is -0.341 e. The third-order valence-corrected chi connectivity index (χ3v) is 3.65. The fourth-order valence-electron chi connectivity index (χ4n) is 2.26. The predicted octanol–water partition coefficient (Wildman–Crippen LogP) is -0.0514. The molecule has 1 heterocycles. The summed E-state index contributed by atoms with van der Waals surface area (Å²) in [6.07, 6.45) is 3.00. The molecule has 5 nitrogen and oxygen atoms in total. The highest BCUT2D eigenvalue weighted by Gasteiger charge is 2.48. The molecule has 1 aliphatic heterocycles. The van der Waals surface area contributed by atoms with Crippen molar-refractivity contribution in [3.8, 4) is 0 Å². The summed E-state index contributed by atoms with van der Waals surface area (Å²) in [6, 6.07) is 0. The Kier molecular flexibility index (Phi) is 3.38. The lowest BCUT2D eigenvalue weighted by Crippen LogP contribution is -2.47. The van der Waals surface area contributed by atoms with Gasteiger partial charge in [0.05, 0.1) is 5.54 Å². The fraction of sp³-hybridized carbons (Fsp3) is 0.833. The van der Waals surface area contributed by atoms with Gasteiger partial charge < -0.3 is 15.5 Å². The van der Waals surface area contributed by atoms with Crippen LogP contribution in [0.3, 0.4) is 0 Å². The molecule has 1 aliphatic carbocycles. The average molecular weight is 239 g/mol. The van der Waals surface area contributed by atoms with E-state index in [1.165, 1.54) is 0 Å². The number of hydrogen-bond donors (Lipinski definition) is 1. The van der Waals surface area contributed by atoms with Crippen LogP contribution in [0.5, 0.6) is 0 Å². The number of nitrogens with zero attached hydrogens (tertiary/aromatic N) is 2. The molecule has 0 unspecified atom stereocenters. The van der Waals surface area contributed by atoms with Gasteiger partial charge in [0.2, 0.25) is 11.8 Å². The summed E-state index contributed by atoms with van der Waals surface area (Å²) in [4.78, 5) is 27.4. The zero-order chi connectivity index (χ0) is 12.5. The van der Waals surface area contributed by atoms with Crippen molar-refractivity contribution in [1.29, 1.82) is 0 Å². The van der Waals surface area contributed by atoms with E-state index in [0.717, 1.165) is 32.4 Å². The van der Waals surface area contributed by atoms with Crippen molar-refractivity contribution in [3.63, 3.8) is 0 Å². The third-order valence-electron chi connectivity index (χ3n) is 3.65. The van der Waals surface area contributed by atoms with Gasteiger partial charge in [-0.15, -0.1) is 0 Å². The summed E-state index contributed by atoms with van der Waals surface area (Å²) in [5, 5.41) is 0. The van der Waals surface area contributed by atoms with Crippen LogP contribution in [0.25, 0.3) is 0 Å². The zero-order valence-corrected chi connectivity index (χ0v) is 10.4. The van der Waals surface area contributed by atoms with Crippen molar-refractivity contribution in [1.82, 2.24) is 9.80 Å². The molecule has 17 heavy (non-hydrogen) atoms. The van der Waals surface area contributed by atoms with Gasteiger partial charge in [-0.25, -0.2) is 0 Å². The molecule has 0 aromatic carbocycles. The first-order valence-electron chi connectivity index (χ1n) is 6.43. The van der Waals surface area contributed by atoms with E-state index in [1.807, 2.05) is 16.7 Å². The van der Waals surface area contributed by atoms with Gasteiger partial charge in [-0.1, -0.05) is 6.92 Å². The summed E-state index contributed by atoms with van der Waals surface area (Å²) in [5.41, 5.74) is 5.34. The second-order valence-electron chi connectivity index (χ2n) is 5.04. The van der Waals surface area contributed by atoms with Gasteiger partial charge in [0.15, 0.2) is 0 Å². The van der Waals surface area contributed by atoms with Crippen molar-refractivity contribution in [3.05, 3.63) is 0 Å². The second-order valence-corrected chi connectivity index (χ2v) is 5.04. The normalized spacial score (nSPS) is 23.2. The van der Waals surface area contributed by atoms with E-state index in [9.17, 15) is 9.59 Å². The van der Waals surface area contributed by atoms with E-state index in [-0.39, 0.29) is 11.8 Å². The van der Waals surface area contributed by atoms with Gasteiger partial charge >= 0.3 is 0 Å². The molecular weight excluding hydrogens is 218 g/mol. The lowest BCUT2D eigenvalue weighted by Gasteiger charge is -2.24. The summed E-state index contributed by atoms with van der Waals surface area (Å²) >= 11 is 0.